The Morgan fingerprint density at radius 3 is 2.44 bits per heavy atom. The van der Waals surface area contributed by atoms with E-state index >= 15 is 0 Å². The van der Waals surface area contributed by atoms with Crippen molar-refractivity contribution < 1.29 is 18.0 Å². The first-order valence-corrected chi connectivity index (χ1v) is 8.12. The number of nitrogens with zero attached hydrogens (tertiary/aromatic N) is 1. The van der Waals surface area contributed by atoms with Gasteiger partial charge in [0.05, 0.1) is 12.0 Å². The number of carbonyl (C=O) groups is 1. The Hall–Kier alpha value is -2.56. The van der Waals surface area contributed by atoms with Crippen molar-refractivity contribution in [2.45, 2.75) is 19.0 Å². The van der Waals surface area contributed by atoms with Gasteiger partial charge < -0.3 is 4.90 Å². The largest absolute Gasteiger partial charge is 0.416 e. The predicted octanol–water partition coefficient (Wildman–Crippen LogP) is 4.56. The number of alkyl halides is 3. The lowest BCUT2D eigenvalue weighted by molar-refractivity contribution is -0.138. The average molecular weight is 345 g/mol. The van der Waals surface area contributed by atoms with Gasteiger partial charge in [0.2, 0.25) is 5.91 Å². The fourth-order valence-electron chi connectivity index (χ4n) is 2.95. The maximum Gasteiger partial charge on any atom is 0.416 e. The standard InChI is InChI=1S/C20H18F3NO/c21-20(22,23)18-8-4-5-15(13-18)14-19(25)24-11-9-17(10-12-24)16-6-2-1-3-7-16/h1-9,13H,10-12,14H2. The molecule has 0 atom stereocenters. The van der Waals surface area contributed by atoms with E-state index < -0.39 is 11.7 Å². The second-order valence-electron chi connectivity index (χ2n) is 6.06. The summed E-state index contributed by atoms with van der Waals surface area (Å²) in [6, 6.07) is 14.9. The number of halogens is 3. The Kier molecular flexibility index (Phi) is 4.93. The summed E-state index contributed by atoms with van der Waals surface area (Å²) < 4.78 is 38.3. The van der Waals surface area contributed by atoms with Crippen LogP contribution in [0.15, 0.2) is 60.7 Å². The SMILES string of the molecule is O=C(Cc1cccc(C(F)(F)F)c1)N1CC=C(c2ccccc2)CC1. The van der Waals surface area contributed by atoms with Crippen LogP contribution in [0.3, 0.4) is 0 Å². The Morgan fingerprint density at radius 2 is 1.80 bits per heavy atom. The number of hydrogen-bond acceptors (Lipinski definition) is 1. The van der Waals surface area contributed by atoms with Gasteiger partial charge >= 0.3 is 6.18 Å². The Balaban J connectivity index is 1.65. The molecule has 0 unspecified atom stereocenters. The lowest BCUT2D eigenvalue weighted by Gasteiger charge is -2.27. The normalized spacial score (nSPS) is 15.0. The molecule has 3 rings (SSSR count). The van der Waals surface area contributed by atoms with Crippen LogP contribution in [0.1, 0.15) is 23.1 Å². The third-order valence-electron chi connectivity index (χ3n) is 4.32. The van der Waals surface area contributed by atoms with Crippen LogP contribution in [0, 0.1) is 0 Å². The average Bonchev–Trinajstić information content (AvgIpc) is 2.62. The molecule has 1 aliphatic rings. The second kappa shape index (κ2) is 7.13. The van der Waals surface area contributed by atoms with Crippen molar-refractivity contribution in [2.75, 3.05) is 13.1 Å². The molecule has 1 heterocycles. The highest BCUT2D eigenvalue weighted by atomic mass is 19.4. The summed E-state index contributed by atoms with van der Waals surface area (Å²) in [5.41, 5.74) is 2.01. The molecule has 0 aliphatic carbocycles. The van der Waals surface area contributed by atoms with Crippen LogP contribution in [0.2, 0.25) is 0 Å². The van der Waals surface area contributed by atoms with Gasteiger partial charge in [-0.1, -0.05) is 54.6 Å². The van der Waals surface area contributed by atoms with E-state index in [0.717, 1.165) is 24.1 Å². The van der Waals surface area contributed by atoms with Gasteiger partial charge in [0.15, 0.2) is 0 Å². The lowest BCUT2D eigenvalue weighted by atomic mass is 9.99. The van der Waals surface area contributed by atoms with E-state index in [1.54, 1.807) is 11.0 Å². The van der Waals surface area contributed by atoms with E-state index in [9.17, 15) is 18.0 Å². The number of rotatable bonds is 3. The summed E-state index contributed by atoms with van der Waals surface area (Å²) in [4.78, 5) is 14.1. The molecule has 1 amide bonds. The molecule has 0 saturated carbocycles. The highest BCUT2D eigenvalue weighted by Gasteiger charge is 2.30. The first-order chi connectivity index (χ1) is 11.9. The van der Waals surface area contributed by atoms with Gasteiger partial charge in [0.1, 0.15) is 0 Å². The molecule has 0 N–H and O–H groups in total. The first kappa shape index (κ1) is 17.3. The molecule has 1 aliphatic heterocycles. The van der Waals surface area contributed by atoms with Gasteiger partial charge in [0, 0.05) is 13.1 Å². The summed E-state index contributed by atoms with van der Waals surface area (Å²) in [5.74, 6) is -0.150. The highest BCUT2D eigenvalue weighted by Crippen LogP contribution is 2.30. The summed E-state index contributed by atoms with van der Waals surface area (Å²) >= 11 is 0. The summed E-state index contributed by atoms with van der Waals surface area (Å²) in [7, 11) is 0. The van der Waals surface area contributed by atoms with Crippen LogP contribution < -0.4 is 0 Å². The van der Waals surface area contributed by atoms with E-state index in [1.807, 2.05) is 36.4 Å². The molecule has 2 aromatic carbocycles. The van der Waals surface area contributed by atoms with Crippen molar-refractivity contribution in [1.82, 2.24) is 4.90 Å². The highest BCUT2D eigenvalue weighted by molar-refractivity contribution is 5.80. The van der Waals surface area contributed by atoms with Gasteiger partial charge in [-0.25, -0.2) is 0 Å². The van der Waals surface area contributed by atoms with E-state index in [-0.39, 0.29) is 12.3 Å². The van der Waals surface area contributed by atoms with E-state index in [0.29, 0.717) is 18.7 Å². The molecule has 25 heavy (non-hydrogen) atoms. The van der Waals surface area contributed by atoms with Crippen LogP contribution in [0.5, 0.6) is 0 Å². The Morgan fingerprint density at radius 1 is 1.04 bits per heavy atom. The monoisotopic (exact) mass is 345 g/mol. The summed E-state index contributed by atoms with van der Waals surface area (Å²) in [6.45, 7) is 1.07. The quantitative estimate of drug-likeness (QED) is 0.798. The smallest absolute Gasteiger partial charge is 0.338 e. The fraction of sp³-hybridized carbons (Fsp3) is 0.250. The maximum atomic E-state index is 12.8. The van der Waals surface area contributed by atoms with Crippen LogP contribution in [-0.4, -0.2) is 23.9 Å². The van der Waals surface area contributed by atoms with E-state index in [4.69, 9.17) is 0 Å². The molecule has 0 fully saturated rings. The molecule has 0 aromatic heterocycles. The minimum absolute atomic E-state index is 0.0154. The lowest BCUT2D eigenvalue weighted by Crippen LogP contribution is -2.35. The Bertz CT molecular complexity index is 781. The molecule has 130 valence electrons. The molecular weight excluding hydrogens is 327 g/mol. The number of hydrogen-bond donors (Lipinski definition) is 0. The number of amides is 1. The maximum absolute atomic E-state index is 12.8. The molecule has 2 nitrogen and oxygen atoms in total. The van der Waals surface area contributed by atoms with Crippen molar-refractivity contribution in [3.63, 3.8) is 0 Å². The van der Waals surface area contributed by atoms with Crippen molar-refractivity contribution in [3.05, 3.63) is 77.4 Å². The Labute approximate surface area is 144 Å². The van der Waals surface area contributed by atoms with E-state index in [1.165, 1.54) is 11.6 Å². The van der Waals surface area contributed by atoms with Crippen LogP contribution >= 0.6 is 0 Å². The van der Waals surface area contributed by atoms with Crippen LogP contribution in [0.25, 0.3) is 5.57 Å². The van der Waals surface area contributed by atoms with Gasteiger partial charge in [-0.15, -0.1) is 0 Å². The summed E-state index contributed by atoms with van der Waals surface area (Å²) in [5, 5.41) is 0. The molecule has 0 bridgehead atoms. The van der Waals surface area contributed by atoms with Crippen molar-refractivity contribution in [2.24, 2.45) is 0 Å². The minimum atomic E-state index is -4.39. The van der Waals surface area contributed by atoms with Gasteiger partial charge in [-0.2, -0.15) is 13.2 Å². The third-order valence-corrected chi connectivity index (χ3v) is 4.32. The van der Waals surface area contributed by atoms with Crippen LogP contribution in [0.4, 0.5) is 13.2 Å². The first-order valence-electron chi connectivity index (χ1n) is 8.12. The molecule has 5 heteroatoms. The van der Waals surface area contributed by atoms with Crippen molar-refractivity contribution >= 4 is 11.5 Å². The molecule has 0 radical (unpaired) electrons. The van der Waals surface area contributed by atoms with Gasteiger partial charge in [0.25, 0.3) is 0 Å². The zero-order valence-electron chi connectivity index (χ0n) is 13.6. The van der Waals surface area contributed by atoms with E-state index in [2.05, 4.69) is 0 Å². The second-order valence-corrected chi connectivity index (χ2v) is 6.06. The van der Waals surface area contributed by atoms with Crippen LogP contribution in [-0.2, 0) is 17.4 Å². The zero-order valence-corrected chi connectivity index (χ0v) is 13.6. The number of carbonyl (C=O) groups excluding carboxylic acids is 1. The number of benzene rings is 2. The third kappa shape index (κ3) is 4.29. The molecule has 2 aromatic rings. The predicted molar refractivity (Wildman–Crippen MR) is 90.8 cm³/mol. The fourth-order valence-corrected chi connectivity index (χ4v) is 2.95. The molecule has 0 saturated heterocycles. The van der Waals surface area contributed by atoms with Crippen molar-refractivity contribution in [3.8, 4) is 0 Å². The molecular formula is C20H18F3NO. The summed E-state index contributed by atoms with van der Waals surface area (Å²) in [6.07, 6.45) is -1.64. The van der Waals surface area contributed by atoms with Gasteiger partial charge in [-0.05, 0) is 29.2 Å². The topological polar surface area (TPSA) is 20.3 Å². The zero-order chi connectivity index (χ0) is 17.9. The van der Waals surface area contributed by atoms with Crippen molar-refractivity contribution in [1.29, 1.82) is 0 Å². The minimum Gasteiger partial charge on any atom is -0.338 e. The molecule has 0 spiro atoms. The van der Waals surface area contributed by atoms with Gasteiger partial charge in [-0.3, -0.25) is 4.79 Å².